The highest BCUT2D eigenvalue weighted by atomic mass is 19.2. The molecule has 5 heteroatoms. The van der Waals surface area contributed by atoms with Crippen LogP contribution >= 0.6 is 0 Å². The number of halogens is 3. The molecule has 0 saturated heterocycles. The standard InChI is InChI=1S/C15H12F3NO/c1-8-3-4-11(5-9(8)2)19-15(20)10-6-12(16)14(18)13(17)7-10/h3-7H,1-2H3,(H,19,20). The molecular weight excluding hydrogens is 267 g/mol. The van der Waals surface area contributed by atoms with E-state index in [1.54, 1.807) is 12.1 Å². The third kappa shape index (κ3) is 2.82. The Morgan fingerprint density at radius 3 is 2.10 bits per heavy atom. The SMILES string of the molecule is Cc1ccc(NC(=O)c2cc(F)c(F)c(F)c2)cc1C. The Labute approximate surface area is 114 Å². The molecule has 104 valence electrons. The Balaban J connectivity index is 2.26. The molecule has 0 bridgehead atoms. The predicted molar refractivity (Wildman–Crippen MR) is 70.2 cm³/mol. The van der Waals surface area contributed by atoms with Crippen LogP contribution in [0, 0.1) is 31.3 Å². The van der Waals surface area contributed by atoms with Gasteiger partial charge in [0.05, 0.1) is 0 Å². The van der Waals surface area contributed by atoms with Gasteiger partial charge in [-0.1, -0.05) is 6.07 Å². The van der Waals surface area contributed by atoms with Gasteiger partial charge in [-0.2, -0.15) is 0 Å². The Hall–Kier alpha value is -2.30. The third-order valence-corrected chi connectivity index (χ3v) is 3.01. The molecule has 2 aromatic carbocycles. The zero-order valence-corrected chi connectivity index (χ0v) is 10.9. The third-order valence-electron chi connectivity index (χ3n) is 3.01. The van der Waals surface area contributed by atoms with Gasteiger partial charge in [0.25, 0.3) is 5.91 Å². The number of anilines is 1. The lowest BCUT2D eigenvalue weighted by molar-refractivity contribution is 0.102. The summed E-state index contributed by atoms with van der Waals surface area (Å²) in [6.07, 6.45) is 0. The van der Waals surface area contributed by atoms with Gasteiger partial charge in [0, 0.05) is 11.3 Å². The van der Waals surface area contributed by atoms with E-state index in [1.807, 2.05) is 19.9 Å². The van der Waals surface area contributed by atoms with Gasteiger partial charge in [-0.05, 0) is 49.2 Å². The maximum atomic E-state index is 13.1. The molecule has 2 nitrogen and oxygen atoms in total. The number of amides is 1. The zero-order valence-electron chi connectivity index (χ0n) is 10.9. The number of aryl methyl sites for hydroxylation is 2. The fraction of sp³-hybridized carbons (Fsp3) is 0.133. The summed E-state index contributed by atoms with van der Waals surface area (Å²) in [5, 5.41) is 2.51. The fourth-order valence-electron chi connectivity index (χ4n) is 1.71. The molecule has 0 saturated carbocycles. The van der Waals surface area contributed by atoms with Crippen LogP contribution in [0.1, 0.15) is 21.5 Å². The summed E-state index contributed by atoms with van der Waals surface area (Å²) in [6, 6.07) is 6.56. The molecule has 1 amide bonds. The largest absolute Gasteiger partial charge is 0.322 e. The summed E-state index contributed by atoms with van der Waals surface area (Å²) in [5.74, 6) is -5.08. The van der Waals surface area contributed by atoms with E-state index in [4.69, 9.17) is 0 Å². The first kappa shape index (κ1) is 14.1. The Bertz CT molecular complexity index is 660. The van der Waals surface area contributed by atoms with Crippen molar-refractivity contribution in [1.29, 1.82) is 0 Å². The van der Waals surface area contributed by atoms with Crippen molar-refractivity contribution < 1.29 is 18.0 Å². The van der Waals surface area contributed by atoms with Gasteiger partial charge in [-0.15, -0.1) is 0 Å². The molecule has 0 heterocycles. The summed E-state index contributed by atoms with van der Waals surface area (Å²) in [7, 11) is 0. The van der Waals surface area contributed by atoms with Crippen molar-refractivity contribution in [2.24, 2.45) is 0 Å². The van der Waals surface area contributed by atoms with Crippen LogP contribution in [0.25, 0.3) is 0 Å². The number of carbonyl (C=O) groups is 1. The Morgan fingerprint density at radius 2 is 1.55 bits per heavy atom. The monoisotopic (exact) mass is 279 g/mol. The van der Waals surface area contributed by atoms with Crippen molar-refractivity contribution in [3.05, 3.63) is 64.5 Å². The number of rotatable bonds is 2. The highest BCUT2D eigenvalue weighted by Crippen LogP contribution is 2.17. The van der Waals surface area contributed by atoms with Crippen molar-refractivity contribution in [1.82, 2.24) is 0 Å². The number of nitrogens with one attached hydrogen (secondary N) is 1. The lowest BCUT2D eigenvalue weighted by Crippen LogP contribution is -2.13. The van der Waals surface area contributed by atoms with E-state index >= 15 is 0 Å². The average Bonchev–Trinajstić information content (AvgIpc) is 2.39. The van der Waals surface area contributed by atoms with Gasteiger partial charge in [0.2, 0.25) is 0 Å². The minimum absolute atomic E-state index is 0.278. The highest BCUT2D eigenvalue weighted by molar-refractivity contribution is 6.04. The minimum atomic E-state index is -1.59. The first-order chi connectivity index (χ1) is 9.38. The molecule has 2 rings (SSSR count). The predicted octanol–water partition coefficient (Wildman–Crippen LogP) is 3.97. The number of hydrogen-bond acceptors (Lipinski definition) is 1. The van der Waals surface area contributed by atoms with Crippen LogP contribution < -0.4 is 5.32 Å². The van der Waals surface area contributed by atoms with Crippen LogP contribution in [-0.2, 0) is 0 Å². The van der Waals surface area contributed by atoms with Gasteiger partial charge >= 0.3 is 0 Å². The summed E-state index contributed by atoms with van der Waals surface area (Å²) in [5.41, 5.74) is 2.25. The minimum Gasteiger partial charge on any atom is -0.322 e. The summed E-state index contributed by atoms with van der Waals surface area (Å²) in [6.45, 7) is 3.80. The van der Waals surface area contributed by atoms with E-state index in [2.05, 4.69) is 5.32 Å². The average molecular weight is 279 g/mol. The Kier molecular flexibility index (Phi) is 3.79. The first-order valence-electron chi connectivity index (χ1n) is 5.91. The molecule has 1 N–H and O–H groups in total. The molecule has 20 heavy (non-hydrogen) atoms. The van der Waals surface area contributed by atoms with Crippen molar-refractivity contribution in [2.45, 2.75) is 13.8 Å². The van der Waals surface area contributed by atoms with E-state index in [0.717, 1.165) is 11.1 Å². The van der Waals surface area contributed by atoms with Gasteiger partial charge in [-0.25, -0.2) is 13.2 Å². The first-order valence-corrected chi connectivity index (χ1v) is 5.91. The van der Waals surface area contributed by atoms with E-state index < -0.39 is 23.4 Å². The molecule has 0 spiro atoms. The topological polar surface area (TPSA) is 29.1 Å². The normalized spacial score (nSPS) is 10.4. The van der Waals surface area contributed by atoms with Gasteiger partial charge in [0.15, 0.2) is 17.5 Å². The molecule has 2 aromatic rings. The van der Waals surface area contributed by atoms with Crippen LogP contribution in [-0.4, -0.2) is 5.91 Å². The molecule has 0 aliphatic carbocycles. The van der Waals surface area contributed by atoms with E-state index in [-0.39, 0.29) is 5.56 Å². The number of benzene rings is 2. The maximum absolute atomic E-state index is 13.1. The molecular formula is C15H12F3NO. The van der Waals surface area contributed by atoms with Gasteiger partial charge < -0.3 is 5.32 Å². The smallest absolute Gasteiger partial charge is 0.255 e. The Morgan fingerprint density at radius 1 is 0.950 bits per heavy atom. The second-order valence-electron chi connectivity index (χ2n) is 4.51. The van der Waals surface area contributed by atoms with Gasteiger partial charge in [-0.3, -0.25) is 4.79 Å². The van der Waals surface area contributed by atoms with E-state index in [9.17, 15) is 18.0 Å². The van der Waals surface area contributed by atoms with Crippen molar-refractivity contribution in [2.75, 3.05) is 5.32 Å². The van der Waals surface area contributed by atoms with Crippen molar-refractivity contribution >= 4 is 11.6 Å². The maximum Gasteiger partial charge on any atom is 0.255 e. The van der Waals surface area contributed by atoms with Crippen LogP contribution in [0.2, 0.25) is 0 Å². The van der Waals surface area contributed by atoms with Gasteiger partial charge in [0.1, 0.15) is 0 Å². The molecule has 0 unspecified atom stereocenters. The van der Waals surface area contributed by atoms with E-state index in [0.29, 0.717) is 17.8 Å². The van der Waals surface area contributed by atoms with Crippen molar-refractivity contribution in [3.63, 3.8) is 0 Å². The lowest BCUT2D eigenvalue weighted by atomic mass is 10.1. The molecule has 0 atom stereocenters. The molecule has 0 aromatic heterocycles. The van der Waals surface area contributed by atoms with Crippen LogP contribution in [0.15, 0.2) is 30.3 Å². The lowest BCUT2D eigenvalue weighted by Gasteiger charge is -2.08. The molecule has 0 fully saturated rings. The molecule has 0 aliphatic rings. The molecule has 0 aliphatic heterocycles. The van der Waals surface area contributed by atoms with Crippen LogP contribution in [0.5, 0.6) is 0 Å². The zero-order chi connectivity index (χ0) is 14.9. The van der Waals surface area contributed by atoms with Crippen LogP contribution in [0.4, 0.5) is 18.9 Å². The second-order valence-corrected chi connectivity index (χ2v) is 4.51. The molecule has 0 radical (unpaired) electrons. The summed E-state index contributed by atoms with van der Waals surface area (Å²) in [4.78, 5) is 11.9. The van der Waals surface area contributed by atoms with E-state index in [1.165, 1.54) is 0 Å². The quantitative estimate of drug-likeness (QED) is 0.828. The summed E-state index contributed by atoms with van der Waals surface area (Å²) < 4.78 is 38.9. The fourth-order valence-corrected chi connectivity index (χ4v) is 1.71. The second kappa shape index (κ2) is 5.36. The van der Waals surface area contributed by atoms with Crippen molar-refractivity contribution in [3.8, 4) is 0 Å². The number of carbonyl (C=O) groups excluding carboxylic acids is 1. The number of hydrogen-bond donors (Lipinski definition) is 1. The highest BCUT2D eigenvalue weighted by Gasteiger charge is 2.15. The van der Waals surface area contributed by atoms with Crippen LogP contribution in [0.3, 0.4) is 0 Å². The summed E-state index contributed by atoms with van der Waals surface area (Å²) >= 11 is 0.